The smallest absolute Gasteiger partial charge is 0.409 e. The van der Waals surface area contributed by atoms with Crippen molar-refractivity contribution in [2.75, 3.05) is 37.7 Å². The summed E-state index contributed by atoms with van der Waals surface area (Å²) in [5.41, 5.74) is -0.458. The molecule has 1 fully saturated rings. The highest BCUT2D eigenvalue weighted by atomic mass is 35.5. The normalized spacial score (nSPS) is 16.3. The Balaban J connectivity index is 1.49. The van der Waals surface area contributed by atoms with Crippen molar-refractivity contribution in [3.05, 3.63) is 50.9 Å². The fourth-order valence-electron chi connectivity index (χ4n) is 3.10. The van der Waals surface area contributed by atoms with Crippen LogP contribution in [0.3, 0.4) is 0 Å². The van der Waals surface area contributed by atoms with Crippen LogP contribution in [0.2, 0.25) is 10.3 Å². The van der Waals surface area contributed by atoms with Crippen molar-refractivity contribution in [1.29, 1.82) is 0 Å². The first kappa shape index (κ1) is 22.1. The number of aromatic nitrogens is 2. The van der Waals surface area contributed by atoms with Gasteiger partial charge in [0.15, 0.2) is 0 Å². The van der Waals surface area contributed by atoms with Crippen LogP contribution in [-0.2, 0) is 11.3 Å². The minimum absolute atomic E-state index is 0.121. The molecule has 0 radical (unpaired) electrons. The molecule has 3 rings (SSSR count). The Morgan fingerprint density at radius 1 is 1.27 bits per heavy atom. The summed E-state index contributed by atoms with van der Waals surface area (Å²) in [7, 11) is 0. The highest BCUT2D eigenvalue weighted by molar-refractivity contribution is 6.30. The monoisotopic (exact) mass is 457 g/mol. The summed E-state index contributed by atoms with van der Waals surface area (Å²) in [6, 6.07) is 7.50. The van der Waals surface area contributed by atoms with E-state index in [2.05, 4.69) is 9.88 Å². The molecule has 10 nitrogen and oxygen atoms in total. The highest BCUT2D eigenvalue weighted by Gasteiger charge is 2.29. The second-order valence-corrected chi connectivity index (χ2v) is 8.03. The predicted molar refractivity (Wildman–Crippen MR) is 111 cm³/mol. The lowest BCUT2D eigenvalue weighted by molar-refractivity contribution is -0.389. The molecule has 1 aliphatic rings. The molecule has 2 heterocycles. The first-order valence-electron chi connectivity index (χ1n) is 9.16. The number of hydrogen-bond donors (Lipinski definition) is 1. The van der Waals surface area contributed by atoms with E-state index in [-0.39, 0.29) is 18.4 Å². The maximum absolute atomic E-state index is 12.4. The molecule has 162 valence electrons. The van der Waals surface area contributed by atoms with Crippen molar-refractivity contribution in [2.45, 2.75) is 19.1 Å². The molecule has 1 amide bonds. The van der Waals surface area contributed by atoms with Crippen molar-refractivity contribution in [2.24, 2.45) is 0 Å². The fraction of sp³-hybridized carbons (Fsp3) is 0.444. The molecule has 0 bridgehead atoms. The quantitative estimate of drug-likeness (QED) is 0.523. The molecule has 1 atom stereocenters. The predicted octanol–water partition coefficient (Wildman–Crippen LogP) is 2.81. The van der Waals surface area contributed by atoms with Crippen LogP contribution >= 0.6 is 23.2 Å². The summed E-state index contributed by atoms with van der Waals surface area (Å²) in [6.07, 6.45) is 0.586. The van der Waals surface area contributed by atoms with Gasteiger partial charge in [0.2, 0.25) is 0 Å². The Labute approximate surface area is 182 Å². The number of amides is 1. The Kier molecular flexibility index (Phi) is 6.69. The topological polar surface area (TPSA) is 114 Å². The van der Waals surface area contributed by atoms with E-state index in [0.717, 1.165) is 11.9 Å². The number of nitrogens with zero attached hydrogens (tertiary/aromatic N) is 5. The van der Waals surface area contributed by atoms with Gasteiger partial charge in [-0.2, -0.15) is 0 Å². The number of piperazine rings is 1. The van der Waals surface area contributed by atoms with E-state index in [1.165, 1.54) is 11.5 Å². The molecule has 1 unspecified atom stereocenters. The molecular formula is C18H21Cl2N5O5. The summed E-state index contributed by atoms with van der Waals surface area (Å²) >= 11 is 11.8. The summed E-state index contributed by atoms with van der Waals surface area (Å²) in [4.78, 5) is 29.8. The zero-order valence-corrected chi connectivity index (χ0v) is 17.7. The van der Waals surface area contributed by atoms with Gasteiger partial charge in [0, 0.05) is 36.9 Å². The SMILES string of the molecule is CC(O)(COC(=O)N1CCN(c2ccc(Cl)cc2)CC1)Cn1cc([N+](=O)[O-])nc1Cl. The largest absolute Gasteiger partial charge is 0.446 e. The molecule has 1 aromatic heterocycles. The standard InChI is InChI=1S/C18H21Cl2N5O5/c1-18(27,11-24-10-15(25(28)29)21-16(24)20)12-30-17(26)23-8-6-22(7-9-23)14-4-2-13(19)3-5-14/h2-5,10,27H,6-9,11-12H2,1H3. The number of ether oxygens (including phenoxy) is 1. The molecule has 2 aromatic rings. The van der Waals surface area contributed by atoms with Crippen molar-refractivity contribution >= 4 is 40.8 Å². The van der Waals surface area contributed by atoms with Gasteiger partial charge in [-0.15, -0.1) is 0 Å². The molecule has 1 aromatic carbocycles. The summed E-state index contributed by atoms with van der Waals surface area (Å²) in [6.45, 7) is 3.26. The molecule has 0 spiro atoms. The van der Waals surface area contributed by atoms with E-state index in [1.54, 1.807) is 4.90 Å². The molecule has 1 aliphatic heterocycles. The zero-order chi connectivity index (χ0) is 21.9. The van der Waals surface area contributed by atoms with Gasteiger partial charge in [0.25, 0.3) is 0 Å². The van der Waals surface area contributed by atoms with E-state index in [0.29, 0.717) is 31.2 Å². The Bertz CT molecular complexity index is 910. The lowest BCUT2D eigenvalue weighted by Gasteiger charge is -2.36. The van der Waals surface area contributed by atoms with Crippen LogP contribution in [-0.4, -0.2) is 69.0 Å². The van der Waals surface area contributed by atoms with Crippen LogP contribution in [0.1, 0.15) is 6.92 Å². The second kappa shape index (κ2) is 9.07. The minimum atomic E-state index is -1.49. The van der Waals surface area contributed by atoms with Crippen molar-refractivity contribution in [3.8, 4) is 0 Å². The number of aliphatic hydroxyl groups is 1. The molecule has 0 saturated carbocycles. The number of benzene rings is 1. The molecular weight excluding hydrogens is 437 g/mol. The molecule has 12 heteroatoms. The van der Waals surface area contributed by atoms with Crippen LogP contribution < -0.4 is 4.90 Å². The fourth-order valence-corrected chi connectivity index (χ4v) is 3.42. The van der Waals surface area contributed by atoms with Gasteiger partial charge in [-0.1, -0.05) is 11.6 Å². The van der Waals surface area contributed by atoms with Gasteiger partial charge in [-0.05, 0) is 52.7 Å². The number of nitro groups is 1. The summed E-state index contributed by atoms with van der Waals surface area (Å²) < 4.78 is 6.49. The van der Waals surface area contributed by atoms with E-state index in [9.17, 15) is 20.0 Å². The number of carbonyl (C=O) groups excluding carboxylic acids is 1. The molecule has 0 aliphatic carbocycles. The number of carbonyl (C=O) groups is 1. The van der Waals surface area contributed by atoms with Gasteiger partial charge in [0.05, 0.1) is 6.54 Å². The third-order valence-electron chi connectivity index (χ3n) is 4.65. The van der Waals surface area contributed by atoms with E-state index in [4.69, 9.17) is 27.9 Å². The van der Waals surface area contributed by atoms with Gasteiger partial charge in [-0.25, -0.2) is 4.79 Å². The van der Waals surface area contributed by atoms with Gasteiger partial charge < -0.3 is 29.8 Å². The van der Waals surface area contributed by atoms with Gasteiger partial charge in [0.1, 0.15) is 18.4 Å². The molecule has 1 N–H and O–H groups in total. The van der Waals surface area contributed by atoms with Crippen LogP contribution in [0.15, 0.2) is 30.5 Å². The summed E-state index contributed by atoms with van der Waals surface area (Å²) in [5.74, 6) is -0.425. The van der Waals surface area contributed by atoms with Gasteiger partial charge >= 0.3 is 17.2 Å². The minimum Gasteiger partial charge on any atom is -0.446 e. The Morgan fingerprint density at radius 3 is 2.47 bits per heavy atom. The van der Waals surface area contributed by atoms with Crippen molar-refractivity contribution in [3.63, 3.8) is 0 Å². The number of hydrogen-bond acceptors (Lipinski definition) is 7. The zero-order valence-electron chi connectivity index (χ0n) is 16.2. The van der Waals surface area contributed by atoms with E-state index >= 15 is 0 Å². The molecule has 30 heavy (non-hydrogen) atoms. The lowest BCUT2D eigenvalue weighted by atomic mass is 10.1. The van der Waals surface area contributed by atoms with Crippen molar-refractivity contribution in [1.82, 2.24) is 14.5 Å². The maximum atomic E-state index is 12.4. The molecule has 1 saturated heterocycles. The third-order valence-corrected chi connectivity index (χ3v) is 5.20. The Hall–Kier alpha value is -2.56. The number of imidazole rings is 1. The Morgan fingerprint density at radius 2 is 1.90 bits per heavy atom. The first-order chi connectivity index (χ1) is 14.1. The van der Waals surface area contributed by atoms with Crippen molar-refractivity contribution < 1.29 is 19.6 Å². The number of anilines is 1. The van der Waals surface area contributed by atoms with E-state index < -0.39 is 22.4 Å². The van der Waals surface area contributed by atoms with Crippen LogP contribution in [0.5, 0.6) is 0 Å². The summed E-state index contributed by atoms with van der Waals surface area (Å²) in [5, 5.41) is 21.8. The van der Waals surface area contributed by atoms with Gasteiger partial charge in [-0.3, -0.25) is 4.57 Å². The second-order valence-electron chi connectivity index (χ2n) is 7.26. The third kappa shape index (κ3) is 5.53. The lowest BCUT2D eigenvalue weighted by Crippen LogP contribution is -2.50. The van der Waals surface area contributed by atoms with Crippen LogP contribution in [0.4, 0.5) is 16.3 Å². The average molecular weight is 458 g/mol. The average Bonchev–Trinajstić information content (AvgIpc) is 3.07. The number of rotatable bonds is 6. The van der Waals surface area contributed by atoms with E-state index in [1.807, 2.05) is 24.3 Å². The maximum Gasteiger partial charge on any atom is 0.409 e. The number of halogens is 2. The van der Waals surface area contributed by atoms with Crippen LogP contribution in [0, 0.1) is 10.1 Å². The van der Waals surface area contributed by atoms with Crippen LogP contribution in [0.25, 0.3) is 0 Å². The first-order valence-corrected chi connectivity index (χ1v) is 9.92. The highest BCUT2D eigenvalue weighted by Crippen LogP contribution is 2.21.